The first kappa shape index (κ1) is 12.9. The van der Waals surface area contributed by atoms with E-state index in [2.05, 4.69) is 41.1 Å². The Bertz CT molecular complexity index is 367. The fraction of sp³-hybridized carbons (Fsp3) is 0.600. The maximum Gasteiger partial charge on any atom is 0.121 e. The number of aryl methyl sites for hydroxylation is 1. The summed E-state index contributed by atoms with van der Waals surface area (Å²) in [7, 11) is 1.74. The molecule has 0 aliphatic heterocycles. The summed E-state index contributed by atoms with van der Waals surface area (Å²) in [5.74, 6) is 2.66. The Hall–Kier alpha value is -0.500. The Morgan fingerprint density at radius 1 is 1.24 bits per heavy atom. The summed E-state index contributed by atoms with van der Waals surface area (Å²) >= 11 is 3.60. The van der Waals surface area contributed by atoms with Gasteiger partial charge in [-0.05, 0) is 61.6 Å². The van der Waals surface area contributed by atoms with Crippen molar-refractivity contribution in [3.05, 3.63) is 29.3 Å². The highest BCUT2D eigenvalue weighted by Gasteiger charge is 2.21. The lowest BCUT2D eigenvalue weighted by Crippen LogP contribution is -2.14. The first-order chi connectivity index (χ1) is 8.24. The minimum absolute atomic E-state index is 0.759. The third-order valence-corrected chi connectivity index (χ3v) is 4.87. The Labute approximate surface area is 113 Å². The largest absolute Gasteiger partial charge is 0.496 e. The molecule has 0 N–H and O–H groups in total. The number of benzene rings is 1. The highest BCUT2D eigenvalue weighted by atomic mass is 79.9. The van der Waals surface area contributed by atoms with Gasteiger partial charge in [-0.3, -0.25) is 0 Å². The van der Waals surface area contributed by atoms with Gasteiger partial charge in [-0.15, -0.1) is 0 Å². The summed E-state index contributed by atoms with van der Waals surface area (Å²) in [6.07, 6.45) is 5.39. The highest BCUT2D eigenvalue weighted by Crippen LogP contribution is 2.37. The normalized spacial score (nSPS) is 24.6. The van der Waals surface area contributed by atoms with E-state index in [0.717, 1.165) is 17.6 Å². The van der Waals surface area contributed by atoms with Crippen molar-refractivity contribution in [2.45, 2.75) is 38.5 Å². The van der Waals surface area contributed by atoms with Crippen LogP contribution < -0.4 is 4.74 Å². The molecular formula is C15H21BrO. The van der Waals surface area contributed by atoms with E-state index in [1.807, 2.05) is 0 Å². The lowest BCUT2D eigenvalue weighted by atomic mass is 9.79. The zero-order valence-electron chi connectivity index (χ0n) is 10.7. The molecule has 1 aliphatic rings. The van der Waals surface area contributed by atoms with Crippen LogP contribution in [-0.2, 0) is 0 Å². The van der Waals surface area contributed by atoms with Gasteiger partial charge in [0.25, 0.3) is 0 Å². The maximum atomic E-state index is 5.32. The van der Waals surface area contributed by atoms with Crippen LogP contribution in [0.1, 0.15) is 42.7 Å². The van der Waals surface area contributed by atoms with Crippen LogP contribution >= 0.6 is 15.9 Å². The lowest BCUT2D eigenvalue weighted by Gasteiger charge is -2.28. The molecule has 1 aromatic rings. The minimum atomic E-state index is 0.759. The van der Waals surface area contributed by atoms with Crippen LogP contribution in [0.4, 0.5) is 0 Å². The van der Waals surface area contributed by atoms with Crippen LogP contribution in [0.15, 0.2) is 18.2 Å². The van der Waals surface area contributed by atoms with Crippen LogP contribution in [0.2, 0.25) is 0 Å². The Balaban J connectivity index is 2.06. The first-order valence-corrected chi connectivity index (χ1v) is 7.57. The number of alkyl halides is 1. The third kappa shape index (κ3) is 3.04. The summed E-state index contributed by atoms with van der Waals surface area (Å²) in [4.78, 5) is 0. The van der Waals surface area contributed by atoms with E-state index in [1.54, 1.807) is 7.11 Å². The summed E-state index contributed by atoms with van der Waals surface area (Å²) in [5.41, 5.74) is 2.75. The van der Waals surface area contributed by atoms with Gasteiger partial charge in [0.2, 0.25) is 0 Å². The van der Waals surface area contributed by atoms with E-state index in [1.165, 1.54) is 42.1 Å². The zero-order chi connectivity index (χ0) is 12.3. The molecule has 2 rings (SSSR count). The molecule has 94 valence electrons. The molecule has 1 fully saturated rings. The fourth-order valence-electron chi connectivity index (χ4n) is 2.81. The number of hydrogen-bond donors (Lipinski definition) is 0. The van der Waals surface area contributed by atoms with Crippen molar-refractivity contribution in [3.63, 3.8) is 0 Å². The second kappa shape index (κ2) is 5.90. The number of ether oxygens (including phenoxy) is 1. The van der Waals surface area contributed by atoms with E-state index >= 15 is 0 Å². The summed E-state index contributed by atoms with van der Waals surface area (Å²) < 4.78 is 5.32. The van der Waals surface area contributed by atoms with E-state index in [9.17, 15) is 0 Å². The molecule has 0 amide bonds. The molecule has 0 atom stereocenters. The highest BCUT2D eigenvalue weighted by molar-refractivity contribution is 9.09. The molecule has 1 nitrogen and oxygen atoms in total. The molecule has 2 heteroatoms. The molecule has 1 saturated carbocycles. The van der Waals surface area contributed by atoms with Crippen molar-refractivity contribution >= 4 is 15.9 Å². The van der Waals surface area contributed by atoms with Crippen LogP contribution in [-0.4, -0.2) is 12.4 Å². The van der Waals surface area contributed by atoms with E-state index in [4.69, 9.17) is 4.74 Å². The van der Waals surface area contributed by atoms with E-state index in [-0.39, 0.29) is 0 Å². The molecule has 0 bridgehead atoms. The fourth-order valence-corrected chi connectivity index (χ4v) is 3.45. The summed E-state index contributed by atoms with van der Waals surface area (Å²) in [6, 6.07) is 6.66. The Kier molecular flexibility index (Phi) is 4.49. The zero-order valence-corrected chi connectivity index (χ0v) is 12.3. The molecule has 1 aromatic carbocycles. The predicted molar refractivity (Wildman–Crippen MR) is 76.2 cm³/mol. The summed E-state index contributed by atoms with van der Waals surface area (Å²) in [6.45, 7) is 2.13. The minimum Gasteiger partial charge on any atom is -0.496 e. The van der Waals surface area contributed by atoms with Crippen molar-refractivity contribution < 1.29 is 4.74 Å². The van der Waals surface area contributed by atoms with Gasteiger partial charge in [-0.25, -0.2) is 0 Å². The monoisotopic (exact) mass is 296 g/mol. The Morgan fingerprint density at radius 2 is 1.94 bits per heavy atom. The topological polar surface area (TPSA) is 9.23 Å². The molecular weight excluding hydrogens is 276 g/mol. The molecule has 0 unspecified atom stereocenters. The Morgan fingerprint density at radius 3 is 2.47 bits per heavy atom. The average molecular weight is 297 g/mol. The second-order valence-corrected chi connectivity index (χ2v) is 5.75. The van der Waals surface area contributed by atoms with Crippen LogP contribution in [0.25, 0.3) is 0 Å². The van der Waals surface area contributed by atoms with Gasteiger partial charge >= 0.3 is 0 Å². The van der Waals surface area contributed by atoms with Gasteiger partial charge in [-0.2, -0.15) is 0 Å². The van der Waals surface area contributed by atoms with E-state index < -0.39 is 0 Å². The molecule has 0 radical (unpaired) electrons. The van der Waals surface area contributed by atoms with Crippen molar-refractivity contribution in [2.75, 3.05) is 12.4 Å². The lowest BCUT2D eigenvalue weighted by molar-refractivity contribution is 0.353. The quantitative estimate of drug-likeness (QED) is 0.737. The molecule has 1 aliphatic carbocycles. The van der Waals surface area contributed by atoms with Crippen molar-refractivity contribution in [1.82, 2.24) is 0 Å². The van der Waals surface area contributed by atoms with Crippen molar-refractivity contribution in [3.8, 4) is 5.75 Å². The van der Waals surface area contributed by atoms with Crippen LogP contribution in [0.3, 0.4) is 0 Å². The molecule has 0 heterocycles. The van der Waals surface area contributed by atoms with Gasteiger partial charge in [-0.1, -0.05) is 28.1 Å². The average Bonchev–Trinajstić information content (AvgIpc) is 2.39. The second-order valence-electron chi connectivity index (χ2n) is 5.10. The maximum absolute atomic E-state index is 5.32. The van der Waals surface area contributed by atoms with Crippen LogP contribution in [0.5, 0.6) is 5.75 Å². The molecule has 0 aromatic heterocycles. The number of halogens is 1. The van der Waals surface area contributed by atoms with Gasteiger partial charge in [0.15, 0.2) is 0 Å². The third-order valence-electron chi connectivity index (χ3n) is 3.96. The molecule has 0 saturated heterocycles. The van der Waals surface area contributed by atoms with Crippen molar-refractivity contribution in [2.24, 2.45) is 5.92 Å². The van der Waals surface area contributed by atoms with E-state index in [0.29, 0.717) is 0 Å². The van der Waals surface area contributed by atoms with Gasteiger partial charge in [0.05, 0.1) is 7.11 Å². The standard InChI is InChI=1S/C15H21BrO/c1-11-9-14(7-8-15(11)17-2)13-5-3-12(10-16)4-6-13/h7-9,12-13H,3-6,10H2,1-2H3. The molecule has 17 heavy (non-hydrogen) atoms. The predicted octanol–water partition coefficient (Wildman–Crippen LogP) is 4.67. The summed E-state index contributed by atoms with van der Waals surface area (Å²) in [5, 5.41) is 1.17. The number of methoxy groups -OCH3 is 1. The smallest absolute Gasteiger partial charge is 0.121 e. The van der Waals surface area contributed by atoms with Gasteiger partial charge in [0.1, 0.15) is 5.75 Å². The van der Waals surface area contributed by atoms with Gasteiger partial charge < -0.3 is 4.74 Å². The van der Waals surface area contributed by atoms with Crippen LogP contribution in [0, 0.1) is 12.8 Å². The van der Waals surface area contributed by atoms with Gasteiger partial charge in [0, 0.05) is 5.33 Å². The molecule has 0 spiro atoms. The van der Waals surface area contributed by atoms with Crippen molar-refractivity contribution in [1.29, 1.82) is 0 Å². The first-order valence-electron chi connectivity index (χ1n) is 6.45. The number of hydrogen-bond acceptors (Lipinski definition) is 1. The SMILES string of the molecule is COc1ccc(C2CCC(CBr)CC2)cc1C. The number of rotatable bonds is 3.